The van der Waals surface area contributed by atoms with Gasteiger partial charge in [-0.3, -0.25) is 13.5 Å². The van der Waals surface area contributed by atoms with Crippen molar-refractivity contribution in [2.24, 2.45) is 5.16 Å². The van der Waals surface area contributed by atoms with E-state index in [4.69, 9.17) is 9.57 Å². The van der Waals surface area contributed by atoms with Gasteiger partial charge in [-0.1, -0.05) is 53.7 Å². The highest BCUT2D eigenvalue weighted by molar-refractivity contribution is 7.84. The molecule has 3 aromatic rings. The van der Waals surface area contributed by atoms with Gasteiger partial charge in [0.05, 0.1) is 18.2 Å². The Morgan fingerprint density at radius 3 is 2.61 bits per heavy atom. The molecular formula is C32H39FN4O3S. The Bertz CT molecular complexity index is 1370. The van der Waals surface area contributed by atoms with E-state index in [-0.39, 0.29) is 30.1 Å². The van der Waals surface area contributed by atoms with Gasteiger partial charge in [0, 0.05) is 32.2 Å². The van der Waals surface area contributed by atoms with Gasteiger partial charge in [0.15, 0.2) is 11.9 Å². The molecule has 0 aliphatic carbocycles. The van der Waals surface area contributed by atoms with Crippen molar-refractivity contribution in [2.75, 3.05) is 17.9 Å². The number of ether oxygens (including phenoxy) is 1. The molecule has 7 nitrogen and oxygen atoms in total. The molecule has 1 saturated heterocycles. The van der Waals surface area contributed by atoms with Crippen LogP contribution in [0.3, 0.4) is 0 Å². The van der Waals surface area contributed by atoms with Gasteiger partial charge in [-0.15, -0.1) is 0 Å². The van der Waals surface area contributed by atoms with Crippen LogP contribution in [0.15, 0.2) is 84.0 Å². The predicted octanol–water partition coefficient (Wildman–Crippen LogP) is 6.46. The molecule has 3 unspecified atom stereocenters. The molecule has 5 rings (SSSR count). The number of rotatable bonds is 9. The van der Waals surface area contributed by atoms with Gasteiger partial charge < -0.3 is 9.57 Å². The van der Waals surface area contributed by atoms with Crippen molar-refractivity contribution in [1.82, 2.24) is 9.21 Å². The number of piperidine rings is 1. The molecule has 0 N–H and O–H groups in total. The quantitative estimate of drug-likeness (QED) is 0.293. The third-order valence-corrected chi connectivity index (χ3v) is 9.15. The van der Waals surface area contributed by atoms with Gasteiger partial charge in [-0.2, -0.15) is 0 Å². The van der Waals surface area contributed by atoms with E-state index < -0.39 is 11.2 Å². The number of benzene rings is 3. The second-order valence-electron chi connectivity index (χ2n) is 11.1. The lowest BCUT2D eigenvalue weighted by Gasteiger charge is -2.43. The maximum atomic E-state index is 14.4. The van der Waals surface area contributed by atoms with E-state index in [2.05, 4.69) is 29.1 Å². The van der Waals surface area contributed by atoms with Crippen molar-refractivity contribution < 1.29 is 18.2 Å². The predicted molar refractivity (Wildman–Crippen MR) is 162 cm³/mol. The first-order valence-electron chi connectivity index (χ1n) is 14.3. The Hall–Kier alpha value is -3.43. The Kier molecular flexibility index (Phi) is 9.25. The van der Waals surface area contributed by atoms with Crippen LogP contribution in [-0.4, -0.2) is 51.0 Å². The Labute approximate surface area is 245 Å². The van der Waals surface area contributed by atoms with E-state index >= 15 is 0 Å². The standard InChI is InChI=1S/C32H39FN4O3S/c1-23(2)39-30-15-8-10-25(19-30)22-36-17-16-29(18-24(36)3)37(28-14-9-13-27(33)20-28)41(38)35(4)32-21-31(40-34-32)26-11-6-5-7-12-26/h5-15,19-20,23-24,29,31H,16-18,21-22H2,1-4H3/t24-,29?,31?,41?/m0/s1. The SMILES string of the molecule is CC(C)Oc1cccc(CN2CCC(N(c3cccc(F)c3)S(=O)N(C)C3=NOC(c4ccccc4)C3)C[C@@H]2C)c1. The minimum atomic E-state index is -1.64. The summed E-state index contributed by atoms with van der Waals surface area (Å²) in [6.07, 6.45) is 1.99. The van der Waals surface area contributed by atoms with Crippen molar-refractivity contribution in [3.8, 4) is 5.75 Å². The average molecular weight is 579 g/mol. The van der Waals surface area contributed by atoms with Gasteiger partial charge in [-0.25, -0.2) is 8.60 Å². The Morgan fingerprint density at radius 1 is 1.10 bits per heavy atom. The monoisotopic (exact) mass is 578 g/mol. The first kappa shape index (κ1) is 29.1. The molecule has 1 fully saturated rings. The van der Waals surface area contributed by atoms with Crippen LogP contribution in [0.5, 0.6) is 5.75 Å². The normalized spacial score (nSPS) is 21.7. The van der Waals surface area contributed by atoms with Crippen LogP contribution in [-0.2, 0) is 22.6 Å². The summed E-state index contributed by atoms with van der Waals surface area (Å²) in [7, 11) is 1.77. The minimum Gasteiger partial charge on any atom is -0.491 e. The van der Waals surface area contributed by atoms with E-state index in [1.165, 1.54) is 17.7 Å². The molecule has 0 spiro atoms. The summed E-state index contributed by atoms with van der Waals surface area (Å²) in [6.45, 7) is 7.89. The smallest absolute Gasteiger partial charge is 0.226 e. The highest BCUT2D eigenvalue weighted by Gasteiger charge is 2.36. The Balaban J connectivity index is 1.30. The maximum absolute atomic E-state index is 14.4. The van der Waals surface area contributed by atoms with E-state index in [9.17, 15) is 8.60 Å². The van der Waals surface area contributed by atoms with E-state index in [0.717, 1.165) is 37.2 Å². The number of nitrogens with zero attached hydrogens (tertiary/aromatic N) is 4. The van der Waals surface area contributed by atoms with Crippen LogP contribution in [0.4, 0.5) is 10.1 Å². The van der Waals surface area contributed by atoms with Crippen LogP contribution in [0.25, 0.3) is 0 Å². The van der Waals surface area contributed by atoms with Crippen molar-refractivity contribution in [1.29, 1.82) is 0 Å². The molecule has 2 aliphatic rings. The zero-order chi connectivity index (χ0) is 28.9. The number of anilines is 1. The zero-order valence-electron chi connectivity index (χ0n) is 24.2. The molecule has 4 atom stereocenters. The fourth-order valence-electron chi connectivity index (χ4n) is 5.53. The summed E-state index contributed by atoms with van der Waals surface area (Å²) in [4.78, 5) is 8.15. The number of hydrogen-bond acceptors (Lipinski definition) is 5. The second kappa shape index (κ2) is 13.0. The summed E-state index contributed by atoms with van der Waals surface area (Å²) in [5.74, 6) is 1.13. The van der Waals surface area contributed by atoms with Gasteiger partial charge >= 0.3 is 0 Å². The molecule has 0 bridgehead atoms. The lowest BCUT2D eigenvalue weighted by molar-refractivity contribution is 0.0856. The van der Waals surface area contributed by atoms with E-state index in [1.54, 1.807) is 17.4 Å². The van der Waals surface area contributed by atoms with Crippen molar-refractivity contribution >= 4 is 22.7 Å². The fourth-order valence-corrected chi connectivity index (χ4v) is 6.82. The molecule has 41 heavy (non-hydrogen) atoms. The van der Waals surface area contributed by atoms with Gasteiger partial charge in [0.2, 0.25) is 11.2 Å². The summed E-state index contributed by atoms with van der Waals surface area (Å²) < 4.78 is 38.0. The molecule has 9 heteroatoms. The third kappa shape index (κ3) is 7.08. The average Bonchev–Trinajstić information content (AvgIpc) is 3.45. The molecule has 0 aromatic heterocycles. The number of halogens is 1. The topological polar surface area (TPSA) is 57.6 Å². The first-order valence-corrected chi connectivity index (χ1v) is 15.3. The van der Waals surface area contributed by atoms with Gasteiger partial charge in [0.25, 0.3) is 0 Å². The van der Waals surface area contributed by atoms with Crippen LogP contribution in [0.1, 0.15) is 57.3 Å². The van der Waals surface area contributed by atoms with Crippen LogP contribution < -0.4 is 9.04 Å². The maximum Gasteiger partial charge on any atom is 0.226 e. The molecule has 218 valence electrons. The Morgan fingerprint density at radius 2 is 1.88 bits per heavy atom. The molecule has 2 aliphatic heterocycles. The highest BCUT2D eigenvalue weighted by Crippen LogP contribution is 2.33. The van der Waals surface area contributed by atoms with Crippen molar-refractivity contribution in [2.45, 2.75) is 70.9 Å². The van der Waals surface area contributed by atoms with Gasteiger partial charge in [0.1, 0.15) is 11.6 Å². The van der Waals surface area contributed by atoms with Gasteiger partial charge in [-0.05, 0) is 75.1 Å². The number of likely N-dealkylation sites (tertiary alicyclic amines) is 1. The van der Waals surface area contributed by atoms with Crippen LogP contribution in [0, 0.1) is 5.82 Å². The lowest BCUT2D eigenvalue weighted by atomic mass is 9.97. The number of amidine groups is 1. The number of oxime groups is 1. The summed E-state index contributed by atoms with van der Waals surface area (Å²) in [5, 5.41) is 4.28. The lowest BCUT2D eigenvalue weighted by Crippen LogP contribution is -2.52. The number of hydrogen-bond donors (Lipinski definition) is 0. The molecule has 0 radical (unpaired) electrons. The molecule has 3 aromatic carbocycles. The van der Waals surface area contributed by atoms with E-state index in [1.807, 2.05) is 66.7 Å². The summed E-state index contributed by atoms with van der Waals surface area (Å²) >= 11 is -1.64. The fraction of sp³-hybridized carbons (Fsp3) is 0.406. The highest BCUT2D eigenvalue weighted by atomic mass is 32.2. The first-order chi connectivity index (χ1) is 19.8. The molecule has 0 saturated carbocycles. The summed E-state index contributed by atoms with van der Waals surface area (Å²) in [5.41, 5.74) is 2.82. The second-order valence-corrected chi connectivity index (χ2v) is 12.5. The van der Waals surface area contributed by atoms with Crippen LogP contribution >= 0.6 is 0 Å². The molecule has 2 heterocycles. The summed E-state index contributed by atoms with van der Waals surface area (Å²) in [6, 6.07) is 24.7. The largest absolute Gasteiger partial charge is 0.491 e. The van der Waals surface area contributed by atoms with Crippen LogP contribution in [0.2, 0.25) is 0 Å². The van der Waals surface area contributed by atoms with Crippen molar-refractivity contribution in [3.63, 3.8) is 0 Å². The van der Waals surface area contributed by atoms with Crippen molar-refractivity contribution in [3.05, 3.63) is 95.8 Å². The molecule has 0 amide bonds. The van der Waals surface area contributed by atoms with E-state index in [0.29, 0.717) is 17.9 Å². The zero-order valence-corrected chi connectivity index (χ0v) is 25.0. The minimum absolute atomic E-state index is 0.0465. The molecular weight excluding hydrogens is 539 g/mol. The third-order valence-electron chi connectivity index (χ3n) is 7.63.